The van der Waals surface area contributed by atoms with E-state index in [0.29, 0.717) is 6.54 Å². The molecule has 0 unspecified atom stereocenters. The molecule has 0 N–H and O–H groups in total. The highest BCUT2D eigenvalue weighted by Crippen LogP contribution is 2.21. The van der Waals surface area contributed by atoms with Gasteiger partial charge in [0, 0.05) is 24.5 Å². The van der Waals surface area contributed by atoms with Crippen molar-refractivity contribution in [2.45, 2.75) is 19.9 Å². The van der Waals surface area contributed by atoms with Crippen molar-refractivity contribution in [2.24, 2.45) is 0 Å². The summed E-state index contributed by atoms with van der Waals surface area (Å²) in [4.78, 5) is 2.00. The van der Waals surface area contributed by atoms with Crippen molar-refractivity contribution >= 4 is 27.4 Å². The lowest BCUT2D eigenvalue weighted by Crippen LogP contribution is -2.19. The number of aromatic nitrogens is 4. The van der Waals surface area contributed by atoms with Gasteiger partial charge in [-0.15, -0.1) is 15.3 Å². The summed E-state index contributed by atoms with van der Waals surface area (Å²) in [6.07, 6.45) is 0.769. The molecule has 0 radical (unpaired) electrons. The summed E-state index contributed by atoms with van der Waals surface area (Å²) < 4.78 is 15.7. The quantitative estimate of drug-likeness (QED) is 0.713. The maximum Gasteiger partial charge on any atom is 0.178 e. The maximum absolute atomic E-state index is 13.2. The van der Waals surface area contributed by atoms with Crippen molar-refractivity contribution in [3.05, 3.63) is 52.0 Å². The van der Waals surface area contributed by atoms with Gasteiger partial charge in [0.05, 0.1) is 0 Å². The van der Waals surface area contributed by atoms with Crippen LogP contribution in [0.2, 0.25) is 0 Å². The number of fused-ring (bicyclic) bond motifs is 1. The molecule has 0 fully saturated rings. The van der Waals surface area contributed by atoms with Crippen LogP contribution in [0.15, 0.2) is 34.8 Å². The highest BCUT2D eigenvalue weighted by atomic mass is 79.9. The fourth-order valence-corrected chi connectivity index (χ4v) is 2.71. The van der Waals surface area contributed by atoms with Gasteiger partial charge in [-0.05, 0) is 29.8 Å². The molecule has 0 aliphatic rings. The normalized spacial score (nSPS) is 11.1. The van der Waals surface area contributed by atoms with Crippen LogP contribution in [0.5, 0.6) is 0 Å². The smallest absolute Gasteiger partial charge is 0.178 e. The lowest BCUT2D eigenvalue weighted by Gasteiger charge is -2.19. The Morgan fingerprint density at radius 1 is 1.23 bits per heavy atom. The summed E-state index contributed by atoms with van der Waals surface area (Å²) >= 11 is 3.39. The predicted molar refractivity (Wildman–Crippen MR) is 86.4 cm³/mol. The van der Waals surface area contributed by atoms with E-state index in [4.69, 9.17) is 0 Å². The zero-order valence-electron chi connectivity index (χ0n) is 12.3. The van der Waals surface area contributed by atoms with Gasteiger partial charge in [0.2, 0.25) is 0 Å². The lowest BCUT2D eigenvalue weighted by atomic mass is 10.2. The molecule has 0 saturated carbocycles. The third-order valence-corrected chi connectivity index (χ3v) is 4.18. The molecule has 0 amide bonds. The first-order valence-electron chi connectivity index (χ1n) is 6.95. The number of hydrogen-bond acceptors (Lipinski definition) is 4. The fourth-order valence-electron chi connectivity index (χ4n) is 2.23. The first kappa shape index (κ1) is 14.9. The third-order valence-electron chi connectivity index (χ3n) is 3.44. The minimum absolute atomic E-state index is 0.255. The number of anilines is 1. The van der Waals surface area contributed by atoms with Crippen LogP contribution >= 0.6 is 15.9 Å². The van der Waals surface area contributed by atoms with Crippen LogP contribution in [0.1, 0.15) is 18.3 Å². The van der Waals surface area contributed by atoms with Crippen LogP contribution in [0.25, 0.3) is 5.65 Å². The second-order valence-corrected chi connectivity index (χ2v) is 5.88. The van der Waals surface area contributed by atoms with Gasteiger partial charge in [0.1, 0.15) is 11.6 Å². The van der Waals surface area contributed by atoms with Crippen molar-refractivity contribution in [1.82, 2.24) is 19.8 Å². The Labute approximate surface area is 135 Å². The van der Waals surface area contributed by atoms with Gasteiger partial charge < -0.3 is 4.90 Å². The Kier molecular flexibility index (Phi) is 4.06. The SMILES string of the molecule is CCc1nnc2ccc(N(C)Cc3ccc(F)cc3Br)nn12. The number of benzene rings is 1. The lowest BCUT2D eigenvalue weighted by molar-refractivity contribution is 0.625. The van der Waals surface area contributed by atoms with E-state index in [1.165, 1.54) is 12.1 Å². The van der Waals surface area contributed by atoms with E-state index in [0.717, 1.165) is 33.7 Å². The number of halogens is 2. The largest absolute Gasteiger partial charge is 0.354 e. The predicted octanol–water partition coefficient (Wildman–Crippen LogP) is 3.22. The van der Waals surface area contributed by atoms with E-state index in [-0.39, 0.29) is 5.82 Å². The van der Waals surface area contributed by atoms with Crippen molar-refractivity contribution in [1.29, 1.82) is 0 Å². The van der Waals surface area contributed by atoms with Crippen LogP contribution < -0.4 is 4.90 Å². The van der Waals surface area contributed by atoms with Crippen molar-refractivity contribution < 1.29 is 4.39 Å². The molecule has 0 bridgehead atoms. The molecule has 3 aromatic rings. The Morgan fingerprint density at radius 3 is 2.77 bits per heavy atom. The minimum Gasteiger partial charge on any atom is -0.354 e. The van der Waals surface area contributed by atoms with Gasteiger partial charge in [-0.1, -0.05) is 28.9 Å². The molecule has 7 heteroatoms. The Morgan fingerprint density at radius 2 is 2.05 bits per heavy atom. The molecule has 0 saturated heterocycles. The number of aryl methyl sites for hydroxylation is 1. The molecule has 22 heavy (non-hydrogen) atoms. The molecular formula is C15H15BrFN5. The highest BCUT2D eigenvalue weighted by Gasteiger charge is 2.10. The van der Waals surface area contributed by atoms with E-state index in [2.05, 4.69) is 31.2 Å². The zero-order valence-corrected chi connectivity index (χ0v) is 13.9. The average molecular weight is 364 g/mol. The van der Waals surface area contributed by atoms with Crippen LogP contribution in [-0.2, 0) is 13.0 Å². The minimum atomic E-state index is -0.255. The summed E-state index contributed by atoms with van der Waals surface area (Å²) in [7, 11) is 1.94. The van der Waals surface area contributed by atoms with E-state index >= 15 is 0 Å². The van der Waals surface area contributed by atoms with E-state index in [9.17, 15) is 4.39 Å². The van der Waals surface area contributed by atoms with Crippen molar-refractivity contribution in [3.8, 4) is 0 Å². The Hall–Kier alpha value is -2.02. The molecule has 0 atom stereocenters. The maximum atomic E-state index is 13.2. The number of nitrogens with zero attached hydrogens (tertiary/aromatic N) is 5. The Bertz CT molecular complexity index is 817. The zero-order chi connectivity index (χ0) is 15.7. The average Bonchev–Trinajstić information content (AvgIpc) is 2.92. The first-order valence-corrected chi connectivity index (χ1v) is 7.74. The monoisotopic (exact) mass is 363 g/mol. The Balaban J connectivity index is 1.89. The molecule has 3 rings (SSSR count). The highest BCUT2D eigenvalue weighted by molar-refractivity contribution is 9.10. The molecular weight excluding hydrogens is 349 g/mol. The molecule has 0 spiro atoms. The van der Waals surface area contributed by atoms with E-state index < -0.39 is 0 Å². The molecule has 0 aliphatic heterocycles. The fraction of sp³-hybridized carbons (Fsp3) is 0.267. The van der Waals surface area contributed by atoms with Gasteiger partial charge in [0.25, 0.3) is 0 Å². The van der Waals surface area contributed by atoms with Crippen LogP contribution in [0.3, 0.4) is 0 Å². The van der Waals surface area contributed by atoms with Crippen LogP contribution in [0, 0.1) is 5.82 Å². The topological polar surface area (TPSA) is 46.3 Å². The summed E-state index contributed by atoms with van der Waals surface area (Å²) in [5, 5.41) is 12.8. The second-order valence-electron chi connectivity index (χ2n) is 5.02. The second kappa shape index (κ2) is 6.00. The van der Waals surface area contributed by atoms with Gasteiger partial charge in [-0.3, -0.25) is 0 Å². The van der Waals surface area contributed by atoms with Gasteiger partial charge >= 0.3 is 0 Å². The van der Waals surface area contributed by atoms with Crippen molar-refractivity contribution in [3.63, 3.8) is 0 Å². The van der Waals surface area contributed by atoms with Gasteiger partial charge in [-0.2, -0.15) is 4.52 Å². The van der Waals surface area contributed by atoms with E-state index in [1.54, 1.807) is 10.6 Å². The number of hydrogen-bond donors (Lipinski definition) is 0. The summed E-state index contributed by atoms with van der Waals surface area (Å²) in [6.45, 7) is 2.63. The molecule has 1 aromatic carbocycles. The van der Waals surface area contributed by atoms with E-state index in [1.807, 2.05) is 31.0 Å². The van der Waals surface area contributed by atoms with Crippen LogP contribution in [-0.4, -0.2) is 26.9 Å². The summed E-state index contributed by atoms with van der Waals surface area (Å²) in [5.41, 5.74) is 1.72. The van der Waals surface area contributed by atoms with Gasteiger partial charge in [-0.25, -0.2) is 4.39 Å². The molecule has 114 valence electrons. The first-order chi connectivity index (χ1) is 10.6. The molecule has 5 nitrogen and oxygen atoms in total. The van der Waals surface area contributed by atoms with Crippen molar-refractivity contribution in [2.75, 3.05) is 11.9 Å². The molecule has 0 aliphatic carbocycles. The third kappa shape index (κ3) is 2.81. The molecule has 2 aromatic heterocycles. The molecule has 2 heterocycles. The van der Waals surface area contributed by atoms with Crippen LogP contribution in [0.4, 0.5) is 10.2 Å². The summed E-state index contributed by atoms with van der Waals surface area (Å²) in [6, 6.07) is 8.49. The summed E-state index contributed by atoms with van der Waals surface area (Å²) in [5.74, 6) is 1.38. The number of rotatable bonds is 4. The standard InChI is InChI=1S/C15H15BrFN5/c1-3-13-18-19-14-6-7-15(20-22(13)14)21(2)9-10-4-5-11(17)8-12(10)16/h4-8H,3,9H2,1-2H3. The van der Waals surface area contributed by atoms with Gasteiger partial charge in [0.15, 0.2) is 11.5 Å².